The zero-order valence-corrected chi connectivity index (χ0v) is 12.9. The van der Waals surface area contributed by atoms with Gasteiger partial charge in [0.1, 0.15) is 11.5 Å². The summed E-state index contributed by atoms with van der Waals surface area (Å²) >= 11 is 6.10. The van der Waals surface area contributed by atoms with Gasteiger partial charge in [-0.25, -0.2) is 4.79 Å². The Morgan fingerprint density at radius 1 is 1.10 bits per heavy atom. The summed E-state index contributed by atoms with van der Waals surface area (Å²) in [5.41, 5.74) is 1.13. The number of hydrogen-bond donors (Lipinski definition) is 1. The second-order valence-electron chi connectivity index (χ2n) is 5.80. The number of carboxylic acids is 1. The number of benzene rings is 2. The normalized spacial score (nSPS) is 11.2. The highest BCUT2D eigenvalue weighted by Crippen LogP contribution is 2.36. The molecule has 0 aliphatic heterocycles. The van der Waals surface area contributed by atoms with Crippen LogP contribution >= 0.6 is 11.6 Å². The largest absolute Gasteiger partial charge is 0.478 e. The van der Waals surface area contributed by atoms with E-state index in [0.717, 1.165) is 11.3 Å². The molecule has 0 aliphatic carbocycles. The summed E-state index contributed by atoms with van der Waals surface area (Å²) in [5.74, 6) is 0.145. The van der Waals surface area contributed by atoms with Crippen molar-refractivity contribution in [3.63, 3.8) is 0 Å². The number of ether oxygens (including phenoxy) is 1. The number of hydrogen-bond acceptors (Lipinski definition) is 2. The van der Waals surface area contributed by atoms with Gasteiger partial charge in [0.15, 0.2) is 0 Å². The smallest absolute Gasteiger partial charge is 0.335 e. The molecule has 1 N–H and O–H groups in total. The molecule has 0 heterocycles. The van der Waals surface area contributed by atoms with Crippen molar-refractivity contribution in [2.75, 3.05) is 0 Å². The molecule has 0 fully saturated rings. The zero-order valence-electron chi connectivity index (χ0n) is 12.2. The fourth-order valence-electron chi connectivity index (χ4n) is 2.01. The Morgan fingerprint density at radius 2 is 1.76 bits per heavy atom. The van der Waals surface area contributed by atoms with Gasteiger partial charge < -0.3 is 9.84 Å². The van der Waals surface area contributed by atoms with Gasteiger partial charge >= 0.3 is 5.97 Å². The Labute approximate surface area is 129 Å². The first kappa shape index (κ1) is 15.4. The van der Waals surface area contributed by atoms with Crippen LogP contribution in [0.25, 0.3) is 0 Å². The lowest BCUT2D eigenvalue weighted by molar-refractivity contribution is 0.0697. The molecule has 0 radical (unpaired) electrons. The van der Waals surface area contributed by atoms with Gasteiger partial charge in [-0.3, -0.25) is 0 Å². The van der Waals surface area contributed by atoms with Crippen LogP contribution in [0.15, 0.2) is 42.5 Å². The van der Waals surface area contributed by atoms with E-state index in [9.17, 15) is 4.79 Å². The van der Waals surface area contributed by atoms with Crippen LogP contribution in [0.3, 0.4) is 0 Å². The minimum Gasteiger partial charge on any atom is -0.478 e. The number of rotatable bonds is 3. The van der Waals surface area contributed by atoms with Crippen LogP contribution in [-0.2, 0) is 5.41 Å². The zero-order chi connectivity index (χ0) is 15.6. The lowest BCUT2D eigenvalue weighted by Crippen LogP contribution is -2.12. The molecule has 21 heavy (non-hydrogen) atoms. The Hall–Kier alpha value is -2.00. The van der Waals surface area contributed by atoms with E-state index < -0.39 is 5.97 Å². The SMILES string of the molecule is CC(C)(C)c1ccccc1Oc1ccc(C(=O)O)cc1Cl. The van der Waals surface area contributed by atoms with Crippen LogP contribution in [0.4, 0.5) is 0 Å². The van der Waals surface area contributed by atoms with Gasteiger partial charge in [-0.05, 0) is 29.7 Å². The van der Waals surface area contributed by atoms with Crippen molar-refractivity contribution in [1.82, 2.24) is 0 Å². The highest BCUT2D eigenvalue weighted by molar-refractivity contribution is 6.32. The Bertz CT molecular complexity index is 672. The van der Waals surface area contributed by atoms with E-state index in [1.54, 1.807) is 6.07 Å². The summed E-state index contributed by atoms with van der Waals surface area (Å²) in [6.45, 7) is 6.30. The number of para-hydroxylation sites is 1. The third-order valence-electron chi connectivity index (χ3n) is 3.09. The second-order valence-corrected chi connectivity index (χ2v) is 6.21. The monoisotopic (exact) mass is 304 g/mol. The predicted octanol–water partition coefficient (Wildman–Crippen LogP) is 5.13. The molecule has 4 heteroatoms. The molecule has 0 aromatic heterocycles. The molecule has 0 saturated carbocycles. The maximum atomic E-state index is 10.9. The number of carbonyl (C=O) groups is 1. The van der Waals surface area contributed by atoms with Crippen molar-refractivity contribution in [1.29, 1.82) is 0 Å². The van der Waals surface area contributed by atoms with Crippen LogP contribution in [-0.4, -0.2) is 11.1 Å². The van der Waals surface area contributed by atoms with Crippen molar-refractivity contribution >= 4 is 17.6 Å². The van der Waals surface area contributed by atoms with Crippen molar-refractivity contribution in [3.8, 4) is 11.5 Å². The molecule has 0 saturated heterocycles. The van der Waals surface area contributed by atoms with E-state index in [2.05, 4.69) is 20.8 Å². The van der Waals surface area contributed by atoms with Crippen LogP contribution in [0.1, 0.15) is 36.7 Å². The molecule has 0 spiro atoms. The quantitative estimate of drug-likeness (QED) is 0.855. The molecule has 2 aromatic rings. The molecule has 0 aliphatic rings. The second kappa shape index (κ2) is 5.78. The Kier molecular flexibility index (Phi) is 4.24. The minimum absolute atomic E-state index is 0.0654. The maximum Gasteiger partial charge on any atom is 0.335 e. The predicted molar refractivity (Wildman–Crippen MR) is 83.6 cm³/mol. The summed E-state index contributed by atoms with van der Waals surface area (Å²) in [7, 11) is 0. The lowest BCUT2D eigenvalue weighted by Gasteiger charge is -2.22. The van der Waals surface area contributed by atoms with Gasteiger partial charge in [0, 0.05) is 5.56 Å². The summed E-state index contributed by atoms with van der Waals surface area (Å²) in [6.07, 6.45) is 0. The first-order valence-electron chi connectivity index (χ1n) is 6.59. The van der Waals surface area contributed by atoms with Crippen LogP contribution in [0, 0.1) is 0 Å². The summed E-state index contributed by atoms with van der Waals surface area (Å²) in [6, 6.07) is 12.2. The number of carboxylic acid groups (broad SMARTS) is 1. The summed E-state index contributed by atoms with van der Waals surface area (Å²) in [5, 5.41) is 9.22. The number of halogens is 1. The third kappa shape index (κ3) is 3.56. The van der Waals surface area contributed by atoms with E-state index in [-0.39, 0.29) is 16.0 Å². The van der Waals surface area contributed by atoms with E-state index in [1.165, 1.54) is 12.1 Å². The van der Waals surface area contributed by atoms with Crippen LogP contribution in [0.5, 0.6) is 11.5 Å². The maximum absolute atomic E-state index is 10.9. The minimum atomic E-state index is -1.02. The molecule has 110 valence electrons. The Morgan fingerprint density at radius 3 is 2.33 bits per heavy atom. The topological polar surface area (TPSA) is 46.5 Å². The number of aromatic carboxylic acids is 1. The van der Waals surface area contributed by atoms with E-state index in [4.69, 9.17) is 21.4 Å². The fraction of sp³-hybridized carbons (Fsp3) is 0.235. The van der Waals surface area contributed by atoms with Crippen molar-refractivity contribution in [3.05, 3.63) is 58.6 Å². The molecule has 3 nitrogen and oxygen atoms in total. The van der Waals surface area contributed by atoms with Gasteiger partial charge in [0.25, 0.3) is 0 Å². The van der Waals surface area contributed by atoms with E-state index in [0.29, 0.717) is 5.75 Å². The average Bonchev–Trinajstić information content (AvgIpc) is 2.40. The van der Waals surface area contributed by atoms with Gasteiger partial charge in [-0.1, -0.05) is 50.6 Å². The fourth-order valence-corrected chi connectivity index (χ4v) is 2.23. The first-order chi connectivity index (χ1) is 9.79. The molecule has 2 aromatic carbocycles. The van der Waals surface area contributed by atoms with Gasteiger partial charge in [0.2, 0.25) is 0 Å². The first-order valence-corrected chi connectivity index (χ1v) is 6.97. The highest BCUT2D eigenvalue weighted by Gasteiger charge is 2.19. The van der Waals surface area contributed by atoms with Crippen molar-refractivity contribution in [2.45, 2.75) is 26.2 Å². The summed E-state index contributed by atoms with van der Waals surface area (Å²) < 4.78 is 5.88. The third-order valence-corrected chi connectivity index (χ3v) is 3.39. The molecular weight excluding hydrogens is 288 g/mol. The molecule has 0 amide bonds. The highest BCUT2D eigenvalue weighted by atomic mass is 35.5. The average molecular weight is 305 g/mol. The van der Waals surface area contributed by atoms with Crippen LogP contribution < -0.4 is 4.74 Å². The van der Waals surface area contributed by atoms with E-state index >= 15 is 0 Å². The van der Waals surface area contributed by atoms with Gasteiger partial charge in [-0.15, -0.1) is 0 Å². The molecular formula is C17H17ClO3. The summed E-state index contributed by atoms with van der Waals surface area (Å²) in [4.78, 5) is 10.9. The molecule has 2 rings (SSSR count). The van der Waals surface area contributed by atoms with Gasteiger partial charge in [-0.2, -0.15) is 0 Å². The van der Waals surface area contributed by atoms with Crippen LogP contribution in [0.2, 0.25) is 5.02 Å². The van der Waals surface area contributed by atoms with Crippen molar-refractivity contribution < 1.29 is 14.6 Å². The van der Waals surface area contributed by atoms with Crippen molar-refractivity contribution in [2.24, 2.45) is 0 Å². The molecule has 0 unspecified atom stereocenters. The lowest BCUT2D eigenvalue weighted by atomic mass is 9.86. The Balaban J connectivity index is 2.38. The molecule has 0 bridgehead atoms. The van der Waals surface area contributed by atoms with E-state index in [1.807, 2.05) is 24.3 Å². The standard InChI is InChI=1S/C17H17ClO3/c1-17(2,3)12-6-4-5-7-14(12)21-15-9-8-11(16(19)20)10-13(15)18/h4-10H,1-3H3,(H,19,20). The van der Waals surface area contributed by atoms with Gasteiger partial charge in [0.05, 0.1) is 10.6 Å². The molecule has 0 atom stereocenters.